The average Bonchev–Trinajstić information content (AvgIpc) is 2.98. The summed E-state index contributed by atoms with van der Waals surface area (Å²) in [6, 6.07) is 16.1. The average molecular weight is 315 g/mol. The summed E-state index contributed by atoms with van der Waals surface area (Å²) in [7, 11) is -3.58. The van der Waals surface area contributed by atoms with Gasteiger partial charge < -0.3 is 4.42 Å². The van der Waals surface area contributed by atoms with Gasteiger partial charge in [-0.05, 0) is 30.5 Å². The molecule has 4 nitrogen and oxygen atoms in total. The third-order valence-electron chi connectivity index (χ3n) is 3.48. The van der Waals surface area contributed by atoms with Gasteiger partial charge in [0.05, 0.1) is 11.2 Å². The second-order valence-corrected chi connectivity index (χ2v) is 6.97. The minimum Gasteiger partial charge on any atom is -0.469 e. The highest BCUT2D eigenvalue weighted by Gasteiger charge is 2.20. The lowest BCUT2D eigenvalue weighted by molar-refractivity contribution is 0.479. The first-order chi connectivity index (χ1) is 10.6. The van der Waals surface area contributed by atoms with Crippen LogP contribution >= 0.6 is 0 Å². The van der Waals surface area contributed by atoms with E-state index in [1.54, 1.807) is 24.5 Å². The van der Waals surface area contributed by atoms with Gasteiger partial charge in [-0.1, -0.05) is 36.4 Å². The molecule has 1 unspecified atom stereocenters. The van der Waals surface area contributed by atoms with Crippen molar-refractivity contribution in [2.75, 3.05) is 0 Å². The van der Waals surface area contributed by atoms with Crippen molar-refractivity contribution in [1.29, 1.82) is 0 Å². The molecular weight excluding hydrogens is 298 g/mol. The molecule has 1 heterocycles. The molecule has 3 rings (SSSR count). The van der Waals surface area contributed by atoms with Gasteiger partial charge in [0, 0.05) is 17.8 Å². The fourth-order valence-electron chi connectivity index (χ4n) is 2.53. The molecule has 0 bridgehead atoms. The van der Waals surface area contributed by atoms with Crippen molar-refractivity contribution in [1.82, 2.24) is 4.72 Å². The molecule has 2 aromatic carbocycles. The topological polar surface area (TPSA) is 59.3 Å². The van der Waals surface area contributed by atoms with Gasteiger partial charge in [0.1, 0.15) is 5.76 Å². The Balaban J connectivity index is 1.88. The molecule has 0 spiro atoms. The van der Waals surface area contributed by atoms with Crippen LogP contribution in [0.15, 0.2) is 70.2 Å². The summed E-state index contributed by atoms with van der Waals surface area (Å²) in [6.07, 6.45) is 2.10. The van der Waals surface area contributed by atoms with Crippen molar-refractivity contribution in [3.63, 3.8) is 0 Å². The molecule has 0 fully saturated rings. The first-order valence-electron chi connectivity index (χ1n) is 7.09. The van der Waals surface area contributed by atoms with Gasteiger partial charge in [-0.15, -0.1) is 0 Å². The molecule has 0 amide bonds. The van der Waals surface area contributed by atoms with Crippen LogP contribution in [0.3, 0.4) is 0 Å². The lowest BCUT2D eigenvalue weighted by atomic mass is 10.1. The highest BCUT2D eigenvalue weighted by atomic mass is 32.2. The van der Waals surface area contributed by atoms with E-state index in [4.69, 9.17) is 4.42 Å². The van der Waals surface area contributed by atoms with Gasteiger partial charge in [0.25, 0.3) is 0 Å². The van der Waals surface area contributed by atoms with Gasteiger partial charge in [-0.2, -0.15) is 0 Å². The largest absolute Gasteiger partial charge is 0.469 e. The molecule has 3 aromatic rings. The van der Waals surface area contributed by atoms with E-state index in [2.05, 4.69) is 4.72 Å². The maximum absolute atomic E-state index is 12.6. The Hall–Kier alpha value is -2.11. The molecule has 0 saturated heterocycles. The molecular formula is C17H17NO3S. The number of hydrogen-bond acceptors (Lipinski definition) is 3. The second kappa shape index (κ2) is 5.94. The summed E-state index contributed by atoms with van der Waals surface area (Å²) in [5.74, 6) is 0.758. The molecule has 0 saturated carbocycles. The Morgan fingerprint density at radius 1 is 1.05 bits per heavy atom. The predicted molar refractivity (Wildman–Crippen MR) is 86.1 cm³/mol. The van der Waals surface area contributed by atoms with Crippen LogP contribution < -0.4 is 4.72 Å². The van der Waals surface area contributed by atoms with Gasteiger partial charge in [0.15, 0.2) is 0 Å². The fourth-order valence-corrected chi connectivity index (χ4v) is 4.00. The van der Waals surface area contributed by atoms with Crippen molar-refractivity contribution in [2.45, 2.75) is 24.3 Å². The van der Waals surface area contributed by atoms with Crippen LogP contribution in [0, 0.1) is 0 Å². The first-order valence-corrected chi connectivity index (χ1v) is 8.57. The van der Waals surface area contributed by atoms with Crippen molar-refractivity contribution < 1.29 is 12.8 Å². The molecule has 0 aliphatic carbocycles. The SMILES string of the molecule is CC(Cc1ccco1)NS(=O)(=O)c1cccc2ccccc12. The predicted octanol–water partition coefficient (Wildman–Crippen LogP) is 3.34. The Bertz CT molecular complexity index is 865. The summed E-state index contributed by atoms with van der Waals surface area (Å²) in [6.45, 7) is 1.82. The number of hydrogen-bond donors (Lipinski definition) is 1. The normalized spacial score (nSPS) is 13.3. The van der Waals surface area contributed by atoms with Gasteiger partial charge in [0.2, 0.25) is 10.0 Å². The molecule has 22 heavy (non-hydrogen) atoms. The van der Waals surface area contributed by atoms with Crippen molar-refractivity contribution >= 4 is 20.8 Å². The van der Waals surface area contributed by atoms with E-state index in [9.17, 15) is 8.42 Å². The molecule has 1 aromatic heterocycles. The first kappa shape index (κ1) is 14.8. The van der Waals surface area contributed by atoms with Gasteiger partial charge in [-0.3, -0.25) is 0 Å². The lowest BCUT2D eigenvalue weighted by Gasteiger charge is -2.14. The van der Waals surface area contributed by atoms with Gasteiger partial charge >= 0.3 is 0 Å². The lowest BCUT2D eigenvalue weighted by Crippen LogP contribution is -2.34. The fraction of sp³-hybridized carbons (Fsp3) is 0.176. The van der Waals surface area contributed by atoms with E-state index in [0.29, 0.717) is 11.3 Å². The summed E-state index contributed by atoms with van der Waals surface area (Å²) in [5.41, 5.74) is 0. The Morgan fingerprint density at radius 2 is 1.82 bits per heavy atom. The van der Waals surface area contributed by atoms with Crippen LogP contribution in [0.1, 0.15) is 12.7 Å². The maximum atomic E-state index is 12.6. The second-order valence-electron chi connectivity index (χ2n) is 5.28. The molecule has 0 aliphatic heterocycles. The maximum Gasteiger partial charge on any atom is 0.241 e. The Labute approximate surface area is 129 Å². The molecule has 114 valence electrons. The summed E-state index contributed by atoms with van der Waals surface area (Å²) >= 11 is 0. The van der Waals surface area contributed by atoms with Crippen LogP contribution in [-0.2, 0) is 16.4 Å². The van der Waals surface area contributed by atoms with E-state index < -0.39 is 10.0 Å². The number of fused-ring (bicyclic) bond motifs is 1. The smallest absolute Gasteiger partial charge is 0.241 e. The van der Waals surface area contributed by atoms with E-state index in [1.807, 2.05) is 43.3 Å². The Morgan fingerprint density at radius 3 is 2.59 bits per heavy atom. The highest BCUT2D eigenvalue weighted by Crippen LogP contribution is 2.23. The number of nitrogens with one attached hydrogen (secondary N) is 1. The van der Waals surface area contributed by atoms with E-state index >= 15 is 0 Å². The summed E-state index contributed by atoms with van der Waals surface area (Å²) in [4.78, 5) is 0.303. The molecule has 1 N–H and O–H groups in total. The quantitative estimate of drug-likeness (QED) is 0.785. The molecule has 0 aliphatic rings. The number of benzene rings is 2. The van der Waals surface area contributed by atoms with E-state index in [0.717, 1.165) is 16.5 Å². The molecule has 1 atom stereocenters. The third kappa shape index (κ3) is 3.05. The van der Waals surface area contributed by atoms with Crippen molar-refractivity contribution in [3.05, 3.63) is 66.6 Å². The van der Waals surface area contributed by atoms with Crippen LogP contribution in [0.25, 0.3) is 10.8 Å². The van der Waals surface area contributed by atoms with Crippen LogP contribution in [0.5, 0.6) is 0 Å². The minimum atomic E-state index is -3.58. The summed E-state index contributed by atoms with van der Waals surface area (Å²) in [5, 5.41) is 1.63. The van der Waals surface area contributed by atoms with E-state index in [1.165, 1.54) is 0 Å². The number of rotatable bonds is 5. The Kier molecular flexibility index (Phi) is 4.00. The highest BCUT2D eigenvalue weighted by molar-refractivity contribution is 7.89. The van der Waals surface area contributed by atoms with E-state index in [-0.39, 0.29) is 6.04 Å². The van der Waals surface area contributed by atoms with Crippen LogP contribution in [-0.4, -0.2) is 14.5 Å². The zero-order valence-electron chi connectivity index (χ0n) is 12.2. The van der Waals surface area contributed by atoms with Crippen LogP contribution in [0.2, 0.25) is 0 Å². The van der Waals surface area contributed by atoms with Crippen molar-refractivity contribution in [3.8, 4) is 0 Å². The standard InChI is InChI=1S/C17H17NO3S/c1-13(12-15-8-5-11-21-15)18-22(19,20)17-10-4-7-14-6-2-3-9-16(14)17/h2-11,13,18H,12H2,1H3. The minimum absolute atomic E-state index is 0.255. The summed E-state index contributed by atoms with van der Waals surface area (Å²) < 4.78 is 33.3. The zero-order chi connectivity index (χ0) is 15.6. The number of sulfonamides is 1. The monoisotopic (exact) mass is 315 g/mol. The third-order valence-corrected chi connectivity index (χ3v) is 5.13. The van der Waals surface area contributed by atoms with Crippen molar-refractivity contribution in [2.24, 2.45) is 0 Å². The van der Waals surface area contributed by atoms with Crippen LogP contribution in [0.4, 0.5) is 0 Å². The molecule has 5 heteroatoms. The number of furan rings is 1. The molecule has 0 radical (unpaired) electrons. The zero-order valence-corrected chi connectivity index (χ0v) is 13.0. The van der Waals surface area contributed by atoms with Gasteiger partial charge in [-0.25, -0.2) is 13.1 Å².